The van der Waals surface area contributed by atoms with E-state index >= 15 is 0 Å². The molecule has 2 fully saturated rings. The molecule has 0 aliphatic carbocycles. The van der Waals surface area contributed by atoms with Crippen molar-refractivity contribution in [1.29, 1.82) is 0 Å². The molecule has 3 aliphatic heterocycles. The summed E-state index contributed by atoms with van der Waals surface area (Å²) in [6.07, 6.45) is 1.81. The average Bonchev–Trinajstić information content (AvgIpc) is 3.46. The molecule has 40 heavy (non-hydrogen) atoms. The quantitative estimate of drug-likeness (QED) is 0.288. The molecular weight excluding hydrogens is 522 g/mol. The summed E-state index contributed by atoms with van der Waals surface area (Å²) in [4.78, 5) is 18.0. The first-order valence-corrected chi connectivity index (χ1v) is 14.5. The Labute approximate surface area is 239 Å². The van der Waals surface area contributed by atoms with Crippen molar-refractivity contribution >= 4 is 34.0 Å². The highest BCUT2D eigenvalue weighted by Crippen LogP contribution is 2.45. The van der Waals surface area contributed by atoms with Crippen LogP contribution < -0.4 is 19.7 Å². The third kappa shape index (κ3) is 4.92. The molecule has 0 bridgehead atoms. The third-order valence-electron chi connectivity index (χ3n) is 8.18. The Morgan fingerprint density at radius 1 is 0.875 bits per heavy atom. The second kappa shape index (κ2) is 10.8. The molecule has 3 heterocycles. The van der Waals surface area contributed by atoms with Gasteiger partial charge in [0.25, 0.3) is 5.91 Å². The van der Waals surface area contributed by atoms with Gasteiger partial charge in [-0.15, -0.1) is 0 Å². The van der Waals surface area contributed by atoms with Gasteiger partial charge in [-0.3, -0.25) is 9.69 Å². The van der Waals surface area contributed by atoms with Crippen molar-refractivity contribution in [1.82, 2.24) is 10.2 Å². The van der Waals surface area contributed by atoms with E-state index in [4.69, 9.17) is 21.1 Å². The Bertz CT molecular complexity index is 1550. The number of halogens is 1. The summed E-state index contributed by atoms with van der Waals surface area (Å²) in [6.45, 7) is 5.14. The summed E-state index contributed by atoms with van der Waals surface area (Å²) in [5.74, 6) is 2.66. The molecule has 4 aromatic rings. The fraction of sp³-hybridized carbons (Fsp3) is 0.303. The minimum Gasteiger partial charge on any atom is -0.477 e. The number of amides is 1. The van der Waals surface area contributed by atoms with Gasteiger partial charge in [0.1, 0.15) is 17.2 Å². The lowest BCUT2D eigenvalue weighted by atomic mass is 9.96. The second-order valence-corrected chi connectivity index (χ2v) is 11.4. The molecule has 4 aromatic carbocycles. The first kappa shape index (κ1) is 25.4. The van der Waals surface area contributed by atoms with E-state index in [9.17, 15) is 4.79 Å². The first-order chi connectivity index (χ1) is 19.6. The number of carbonyl (C=O) groups is 1. The summed E-state index contributed by atoms with van der Waals surface area (Å²) in [6, 6.07) is 26.0. The normalized spacial score (nSPS) is 19.4. The van der Waals surface area contributed by atoms with Gasteiger partial charge in [-0.05, 0) is 78.7 Å². The number of ether oxygens (including phenoxy) is 2. The largest absolute Gasteiger partial charge is 0.477 e. The van der Waals surface area contributed by atoms with E-state index in [1.54, 1.807) is 0 Å². The molecular formula is C33H32ClN3O3. The molecule has 3 aliphatic rings. The number of nitrogens with zero attached hydrogens (tertiary/aromatic N) is 2. The van der Waals surface area contributed by atoms with Gasteiger partial charge in [0.05, 0.1) is 10.7 Å². The van der Waals surface area contributed by atoms with Crippen LogP contribution in [0.1, 0.15) is 12.8 Å². The maximum absolute atomic E-state index is 13.7. The number of para-hydroxylation sites is 1. The van der Waals surface area contributed by atoms with E-state index in [-0.39, 0.29) is 5.91 Å². The van der Waals surface area contributed by atoms with Crippen LogP contribution in [0.15, 0.2) is 78.9 Å². The monoisotopic (exact) mass is 553 g/mol. The van der Waals surface area contributed by atoms with Crippen molar-refractivity contribution in [3.63, 3.8) is 0 Å². The van der Waals surface area contributed by atoms with Gasteiger partial charge in [0, 0.05) is 37.7 Å². The van der Waals surface area contributed by atoms with Gasteiger partial charge in [0.2, 0.25) is 0 Å². The molecule has 1 N–H and O–H groups in total. The number of anilines is 1. The Kier molecular flexibility index (Phi) is 6.84. The summed E-state index contributed by atoms with van der Waals surface area (Å²) >= 11 is 7.03. The van der Waals surface area contributed by atoms with E-state index in [0.29, 0.717) is 29.8 Å². The minimum absolute atomic E-state index is 0.0267. The van der Waals surface area contributed by atoms with Gasteiger partial charge < -0.3 is 19.7 Å². The SMILES string of the molecule is O=C1C(CN2CCCC2)Oc2cc(-c3cc(Oc4ccccc4)cc4ccccc34)c(Cl)cc2N1CC1CNC1. The summed E-state index contributed by atoms with van der Waals surface area (Å²) in [5, 5.41) is 6.03. The van der Waals surface area contributed by atoms with Gasteiger partial charge in [-0.2, -0.15) is 0 Å². The Hall–Kier alpha value is -3.58. The maximum atomic E-state index is 13.7. The number of carbonyl (C=O) groups excluding carboxylic acids is 1. The maximum Gasteiger partial charge on any atom is 0.269 e. The van der Waals surface area contributed by atoms with Gasteiger partial charge in [-0.25, -0.2) is 0 Å². The molecule has 2 saturated heterocycles. The van der Waals surface area contributed by atoms with Crippen LogP contribution in [-0.4, -0.2) is 56.2 Å². The van der Waals surface area contributed by atoms with Crippen LogP contribution in [0.4, 0.5) is 5.69 Å². The number of hydrogen-bond acceptors (Lipinski definition) is 5. The number of benzene rings is 4. The highest BCUT2D eigenvalue weighted by molar-refractivity contribution is 6.34. The van der Waals surface area contributed by atoms with Gasteiger partial charge in [0.15, 0.2) is 6.10 Å². The van der Waals surface area contributed by atoms with E-state index in [1.807, 2.05) is 71.6 Å². The number of rotatable bonds is 7. The van der Waals surface area contributed by atoms with Gasteiger partial charge in [-0.1, -0.05) is 54.1 Å². The lowest BCUT2D eigenvalue weighted by Crippen LogP contribution is -2.55. The van der Waals surface area contributed by atoms with Crippen molar-refractivity contribution in [3.05, 3.63) is 83.9 Å². The fourth-order valence-electron chi connectivity index (χ4n) is 5.98. The van der Waals surface area contributed by atoms with E-state index < -0.39 is 6.10 Å². The molecule has 1 atom stereocenters. The second-order valence-electron chi connectivity index (χ2n) is 11.0. The molecule has 6 nitrogen and oxygen atoms in total. The zero-order valence-corrected chi connectivity index (χ0v) is 23.1. The van der Waals surface area contributed by atoms with Crippen molar-refractivity contribution in [3.8, 4) is 28.4 Å². The smallest absolute Gasteiger partial charge is 0.269 e. The van der Waals surface area contributed by atoms with Crippen LogP contribution in [0.2, 0.25) is 5.02 Å². The van der Waals surface area contributed by atoms with Crippen LogP contribution in [-0.2, 0) is 4.79 Å². The van der Waals surface area contributed by atoms with Gasteiger partial charge >= 0.3 is 0 Å². The Morgan fingerprint density at radius 2 is 1.65 bits per heavy atom. The molecule has 7 rings (SSSR count). The lowest BCUT2D eigenvalue weighted by molar-refractivity contribution is -0.127. The summed E-state index contributed by atoms with van der Waals surface area (Å²) in [5.41, 5.74) is 2.57. The predicted molar refractivity (Wildman–Crippen MR) is 160 cm³/mol. The molecule has 204 valence electrons. The van der Waals surface area contributed by atoms with Crippen molar-refractivity contribution in [2.24, 2.45) is 5.92 Å². The Balaban J connectivity index is 1.31. The fourth-order valence-corrected chi connectivity index (χ4v) is 6.24. The number of nitrogens with one attached hydrogen (secondary N) is 1. The minimum atomic E-state index is -0.530. The van der Waals surface area contributed by atoms with E-state index in [0.717, 1.165) is 65.3 Å². The zero-order chi connectivity index (χ0) is 27.1. The molecule has 0 radical (unpaired) electrons. The topological polar surface area (TPSA) is 54.0 Å². The number of fused-ring (bicyclic) bond motifs is 2. The predicted octanol–water partition coefficient (Wildman–Crippen LogP) is 6.36. The van der Waals surface area contributed by atoms with Crippen molar-refractivity contribution in [2.45, 2.75) is 18.9 Å². The molecule has 0 saturated carbocycles. The first-order valence-electron chi connectivity index (χ1n) is 14.1. The summed E-state index contributed by atoms with van der Waals surface area (Å²) in [7, 11) is 0. The third-order valence-corrected chi connectivity index (χ3v) is 8.50. The molecule has 1 unspecified atom stereocenters. The van der Waals surface area contributed by atoms with Crippen LogP contribution in [0.5, 0.6) is 17.2 Å². The molecule has 0 aromatic heterocycles. The molecule has 1 amide bonds. The highest BCUT2D eigenvalue weighted by Gasteiger charge is 2.38. The zero-order valence-electron chi connectivity index (χ0n) is 22.3. The average molecular weight is 554 g/mol. The molecule has 7 heteroatoms. The van der Waals surface area contributed by atoms with E-state index in [2.05, 4.69) is 22.3 Å². The van der Waals surface area contributed by atoms with Crippen LogP contribution in [0, 0.1) is 5.92 Å². The van der Waals surface area contributed by atoms with Crippen LogP contribution in [0.25, 0.3) is 21.9 Å². The van der Waals surface area contributed by atoms with Crippen LogP contribution in [0.3, 0.4) is 0 Å². The van der Waals surface area contributed by atoms with Crippen molar-refractivity contribution < 1.29 is 14.3 Å². The standard InChI is InChI=1S/C33H32ClN3O3/c34-29-17-30-31(40-32(21-36-12-6-7-13-36)33(38)37(30)20-22-18-35-19-22)16-28(29)27-15-25(39-24-9-2-1-3-10-24)14-23-8-4-5-11-26(23)27/h1-5,8-11,14-17,22,32,35H,6-7,12-13,18-21H2. The summed E-state index contributed by atoms with van der Waals surface area (Å²) < 4.78 is 12.7. The highest BCUT2D eigenvalue weighted by atomic mass is 35.5. The van der Waals surface area contributed by atoms with E-state index in [1.165, 1.54) is 12.8 Å². The number of likely N-dealkylation sites (tertiary alicyclic amines) is 1. The number of hydrogen-bond donors (Lipinski definition) is 1. The molecule has 0 spiro atoms. The Morgan fingerprint density at radius 3 is 2.42 bits per heavy atom. The lowest BCUT2D eigenvalue weighted by Gasteiger charge is -2.39. The van der Waals surface area contributed by atoms with Crippen LogP contribution >= 0.6 is 11.6 Å². The van der Waals surface area contributed by atoms with Crippen molar-refractivity contribution in [2.75, 3.05) is 44.2 Å².